The van der Waals surface area contributed by atoms with Crippen molar-refractivity contribution in [2.75, 3.05) is 0 Å². The first-order valence-corrected chi connectivity index (χ1v) is 7.29. The molecule has 2 aromatic heterocycles. The number of fused-ring (bicyclic) bond motifs is 1. The third-order valence-electron chi connectivity index (χ3n) is 3.82. The van der Waals surface area contributed by atoms with E-state index in [1.165, 1.54) is 18.5 Å². The van der Waals surface area contributed by atoms with E-state index in [2.05, 4.69) is 10.1 Å². The average molecular weight is 320 g/mol. The Morgan fingerprint density at radius 2 is 1.96 bits per heavy atom. The van der Waals surface area contributed by atoms with Gasteiger partial charge in [0.2, 0.25) is 0 Å². The third kappa shape index (κ3) is 2.41. The Hall–Kier alpha value is -3.48. The molecule has 0 fully saturated rings. The van der Waals surface area contributed by atoms with Crippen molar-refractivity contribution in [3.8, 4) is 0 Å². The number of hydrogen-bond acceptors (Lipinski definition) is 5. The van der Waals surface area contributed by atoms with Gasteiger partial charge in [-0.1, -0.05) is 30.3 Å². The zero-order valence-corrected chi connectivity index (χ0v) is 12.4. The molecule has 0 radical (unpaired) electrons. The van der Waals surface area contributed by atoms with Crippen molar-refractivity contribution in [3.63, 3.8) is 0 Å². The molecule has 1 atom stereocenters. The van der Waals surface area contributed by atoms with E-state index in [0.29, 0.717) is 16.7 Å². The van der Waals surface area contributed by atoms with Gasteiger partial charge < -0.3 is 4.42 Å². The second-order valence-electron chi connectivity index (χ2n) is 5.32. The Morgan fingerprint density at radius 1 is 1.12 bits per heavy atom. The van der Waals surface area contributed by atoms with Gasteiger partial charge in [-0.05, 0) is 17.7 Å². The van der Waals surface area contributed by atoms with Crippen LogP contribution in [0.2, 0.25) is 0 Å². The predicted octanol–water partition coefficient (Wildman–Crippen LogP) is 3.57. The maximum absolute atomic E-state index is 10.9. The summed E-state index contributed by atoms with van der Waals surface area (Å²) in [5.41, 5.74) is 1.61. The molecule has 0 N–H and O–H groups in total. The molecule has 0 amide bonds. The fourth-order valence-electron chi connectivity index (χ4n) is 2.73. The van der Waals surface area contributed by atoms with Crippen LogP contribution in [0.4, 0.5) is 5.69 Å². The molecule has 0 saturated heterocycles. The van der Waals surface area contributed by atoms with Crippen molar-refractivity contribution in [1.82, 2.24) is 14.8 Å². The number of aromatic nitrogens is 3. The fourth-order valence-corrected chi connectivity index (χ4v) is 2.73. The second kappa shape index (κ2) is 5.62. The van der Waals surface area contributed by atoms with Crippen LogP contribution in [0.5, 0.6) is 0 Å². The summed E-state index contributed by atoms with van der Waals surface area (Å²) in [6.07, 6.45) is 3.08. The fraction of sp³-hybridized carbons (Fsp3) is 0.0588. The minimum absolute atomic E-state index is 0.0341. The predicted molar refractivity (Wildman–Crippen MR) is 86.6 cm³/mol. The van der Waals surface area contributed by atoms with Crippen LogP contribution in [0.25, 0.3) is 11.0 Å². The number of nitrogens with zero attached hydrogens (tertiary/aromatic N) is 4. The number of rotatable bonds is 4. The molecule has 0 saturated carbocycles. The SMILES string of the molecule is O=[N+]([O-])c1ccc2oc(C(c3ccccc3)n3cncn3)cc2c1. The summed E-state index contributed by atoms with van der Waals surface area (Å²) in [6.45, 7) is 0. The minimum Gasteiger partial charge on any atom is -0.458 e. The van der Waals surface area contributed by atoms with E-state index in [9.17, 15) is 10.1 Å². The highest BCUT2D eigenvalue weighted by Gasteiger charge is 2.22. The molecule has 7 nitrogen and oxygen atoms in total. The van der Waals surface area contributed by atoms with Crippen molar-refractivity contribution in [1.29, 1.82) is 0 Å². The molecule has 1 unspecified atom stereocenters. The molecule has 0 spiro atoms. The number of non-ortho nitro benzene ring substituents is 1. The van der Waals surface area contributed by atoms with E-state index in [-0.39, 0.29) is 11.7 Å². The van der Waals surface area contributed by atoms with Crippen LogP contribution in [0.3, 0.4) is 0 Å². The molecular formula is C17H12N4O3. The molecule has 4 rings (SSSR count). The molecule has 24 heavy (non-hydrogen) atoms. The monoisotopic (exact) mass is 320 g/mol. The first kappa shape index (κ1) is 14.1. The van der Waals surface area contributed by atoms with Crippen LogP contribution in [0.1, 0.15) is 17.4 Å². The average Bonchev–Trinajstić information content (AvgIpc) is 3.25. The van der Waals surface area contributed by atoms with E-state index in [0.717, 1.165) is 5.56 Å². The van der Waals surface area contributed by atoms with E-state index in [1.54, 1.807) is 17.1 Å². The Balaban J connectivity index is 1.87. The summed E-state index contributed by atoms with van der Waals surface area (Å²) in [5, 5.41) is 15.8. The lowest BCUT2D eigenvalue weighted by molar-refractivity contribution is -0.384. The van der Waals surface area contributed by atoms with Gasteiger partial charge in [0.25, 0.3) is 5.69 Å². The Kier molecular flexibility index (Phi) is 3.31. The quantitative estimate of drug-likeness (QED) is 0.424. The number of nitro groups is 1. The van der Waals surface area contributed by atoms with Gasteiger partial charge in [-0.3, -0.25) is 10.1 Å². The van der Waals surface area contributed by atoms with E-state index < -0.39 is 4.92 Å². The van der Waals surface area contributed by atoms with Crippen LogP contribution in [0, 0.1) is 10.1 Å². The molecule has 0 aliphatic carbocycles. The van der Waals surface area contributed by atoms with Crippen LogP contribution >= 0.6 is 0 Å². The first-order valence-electron chi connectivity index (χ1n) is 7.29. The van der Waals surface area contributed by atoms with Crippen LogP contribution in [-0.2, 0) is 0 Å². The summed E-state index contributed by atoms with van der Waals surface area (Å²) in [5.74, 6) is 0.641. The topological polar surface area (TPSA) is 87.0 Å². The molecule has 2 aromatic carbocycles. The van der Waals surface area contributed by atoms with Gasteiger partial charge in [0.05, 0.1) is 4.92 Å². The standard InChI is InChI=1S/C17H12N4O3/c22-21(23)14-6-7-15-13(8-14)9-16(24-15)17(20-11-18-10-19-20)12-4-2-1-3-5-12/h1-11,17H. The Bertz CT molecular complexity index is 993. The lowest BCUT2D eigenvalue weighted by Gasteiger charge is -2.14. The van der Waals surface area contributed by atoms with Gasteiger partial charge in [-0.15, -0.1) is 0 Å². The van der Waals surface area contributed by atoms with Gasteiger partial charge in [0, 0.05) is 17.5 Å². The highest BCUT2D eigenvalue weighted by atomic mass is 16.6. The molecule has 4 aromatic rings. The van der Waals surface area contributed by atoms with Gasteiger partial charge in [-0.25, -0.2) is 9.67 Å². The molecule has 0 aliphatic rings. The molecule has 2 heterocycles. The van der Waals surface area contributed by atoms with Crippen LogP contribution in [0.15, 0.2) is 71.7 Å². The molecular weight excluding hydrogens is 308 g/mol. The van der Waals surface area contributed by atoms with Crippen molar-refractivity contribution in [2.45, 2.75) is 6.04 Å². The number of hydrogen-bond donors (Lipinski definition) is 0. The summed E-state index contributed by atoms with van der Waals surface area (Å²) >= 11 is 0. The van der Waals surface area contributed by atoms with E-state index in [1.807, 2.05) is 36.4 Å². The molecule has 7 heteroatoms. The van der Waals surface area contributed by atoms with Crippen molar-refractivity contribution in [3.05, 3.63) is 88.7 Å². The smallest absolute Gasteiger partial charge is 0.270 e. The van der Waals surface area contributed by atoms with Gasteiger partial charge in [-0.2, -0.15) is 5.10 Å². The zero-order valence-electron chi connectivity index (χ0n) is 12.4. The molecule has 118 valence electrons. The lowest BCUT2D eigenvalue weighted by Crippen LogP contribution is -2.12. The largest absolute Gasteiger partial charge is 0.458 e. The summed E-state index contributed by atoms with van der Waals surface area (Å²) in [4.78, 5) is 14.5. The molecule has 0 bridgehead atoms. The highest BCUT2D eigenvalue weighted by Crippen LogP contribution is 2.32. The number of benzene rings is 2. The van der Waals surface area contributed by atoms with Crippen molar-refractivity contribution >= 4 is 16.7 Å². The van der Waals surface area contributed by atoms with Gasteiger partial charge in [0.1, 0.15) is 30.0 Å². The Morgan fingerprint density at radius 3 is 2.67 bits per heavy atom. The summed E-state index contributed by atoms with van der Waals surface area (Å²) < 4.78 is 7.63. The lowest BCUT2D eigenvalue weighted by atomic mass is 10.0. The number of furan rings is 1. The highest BCUT2D eigenvalue weighted by molar-refractivity contribution is 5.80. The van der Waals surface area contributed by atoms with E-state index >= 15 is 0 Å². The minimum atomic E-state index is -0.418. The van der Waals surface area contributed by atoms with Crippen molar-refractivity contribution < 1.29 is 9.34 Å². The Labute approximate surface area is 136 Å². The van der Waals surface area contributed by atoms with E-state index in [4.69, 9.17) is 4.42 Å². The first-order chi connectivity index (χ1) is 11.7. The number of nitro benzene ring substituents is 1. The summed E-state index contributed by atoms with van der Waals surface area (Å²) in [6, 6.07) is 15.8. The van der Waals surface area contributed by atoms with Crippen molar-refractivity contribution in [2.24, 2.45) is 0 Å². The zero-order chi connectivity index (χ0) is 16.5. The van der Waals surface area contributed by atoms with Gasteiger partial charge >= 0.3 is 0 Å². The van der Waals surface area contributed by atoms with Crippen LogP contribution < -0.4 is 0 Å². The maximum atomic E-state index is 10.9. The van der Waals surface area contributed by atoms with Gasteiger partial charge in [0.15, 0.2) is 0 Å². The summed E-state index contributed by atoms with van der Waals surface area (Å²) in [7, 11) is 0. The third-order valence-corrected chi connectivity index (χ3v) is 3.82. The second-order valence-corrected chi connectivity index (χ2v) is 5.32. The molecule has 0 aliphatic heterocycles. The maximum Gasteiger partial charge on any atom is 0.270 e. The van der Waals surface area contributed by atoms with Crippen LogP contribution in [-0.4, -0.2) is 19.7 Å². The normalized spacial score (nSPS) is 12.3.